The Morgan fingerprint density at radius 2 is 2.00 bits per heavy atom. The summed E-state index contributed by atoms with van der Waals surface area (Å²) in [6, 6.07) is 3.39. The molecule has 13 heteroatoms. The Morgan fingerprint density at radius 3 is 2.65 bits per heavy atom. The highest BCUT2D eigenvalue weighted by atomic mass is 35.5. The van der Waals surface area contributed by atoms with Gasteiger partial charge in [-0.25, -0.2) is 9.18 Å². The van der Waals surface area contributed by atoms with Gasteiger partial charge in [-0.3, -0.25) is 9.48 Å². The van der Waals surface area contributed by atoms with Gasteiger partial charge in [0.05, 0.1) is 47.7 Å². The zero-order valence-corrected chi connectivity index (χ0v) is 19.0. The molecule has 1 saturated carbocycles. The van der Waals surface area contributed by atoms with Gasteiger partial charge in [-0.1, -0.05) is 11.6 Å². The summed E-state index contributed by atoms with van der Waals surface area (Å²) >= 11 is 5.76. The van der Waals surface area contributed by atoms with E-state index in [4.69, 9.17) is 11.6 Å². The zero-order valence-electron chi connectivity index (χ0n) is 18.3. The molecule has 1 aliphatic heterocycles. The molecule has 8 nitrogen and oxygen atoms in total. The molecular formula is C21H23ClF4N6O2. The van der Waals surface area contributed by atoms with Crippen LogP contribution < -0.4 is 10.6 Å². The monoisotopic (exact) mass is 502 g/mol. The average Bonchev–Trinajstić information content (AvgIpc) is 3.44. The highest BCUT2D eigenvalue weighted by Crippen LogP contribution is 2.41. The number of nitrogens with zero attached hydrogens (tertiary/aromatic N) is 4. The van der Waals surface area contributed by atoms with E-state index in [2.05, 4.69) is 15.7 Å². The minimum Gasteiger partial charge on any atom is -0.335 e. The predicted octanol–water partition coefficient (Wildman–Crippen LogP) is 3.48. The third kappa shape index (κ3) is 5.12. The molecule has 184 valence electrons. The summed E-state index contributed by atoms with van der Waals surface area (Å²) in [5, 5.41) is 9.17. The fourth-order valence-corrected chi connectivity index (χ4v) is 4.16. The number of benzene rings is 1. The minimum absolute atomic E-state index is 0.0347. The van der Waals surface area contributed by atoms with E-state index in [0.29, 0.717) is 42.9 Å². The average molecular weight is 503 g/mol. The van der Waals surface area contributed by atoms with Crippen LogP contribution in [-0.2, 0) is 13.1 Å². The molecule has 4 rings (SSSR count). The molecular weight excluding hydrogens is 480 g/mol. The van der Waals surface area contributed by atoms with Crippen LogP contribution in [0.1, 0.15) is 28.9 Å². The molecule has 34 heavy (non-hydrogen) atoms. The van der Waals surface area contributed by atoms with Crippen LogP contribution in [0.25, 0.3) is 0 Å². The summed E-state index contributed by atoms with van der Waals surface area (Å²) in [4.78, 5) is 28.9. The van der Waals surface area contributed by atoms with E-state index in [0.717, 1.165) is 6.07 Å². The normalized spacial score (nSPS) is 16.7. The second kappa shape index (κ2) is 9.06. The number of alkyl halides is 3. The van der Waals surface area contributed by atoms with Crippen molar-refractivity contribution in [3.63, 3.8) is 0 Å². The fraction of sp³-hybridized carbons (Fsp3) is 0.476. The quantitative estimate of drug-likeness (QED) is 0.593. The summed E-state index contributed by atoms with van der Waals surface area (Å²) in [5.74, 6) is -0.962. The number of halogens is 5. The molecule has 2 N–H and O–H groups in total. The van der Waals surface area contributed by atoms with Gasteiger partial charge in [-0.05, 0) is 31.0 Å². The van der Waals surface area contributed by atoms with Crippen LogP contribution in [-0.4, -0.2) is 69.9 Å². The maximum absolute atomic E-state index is 13.4. The minimum atomic E-state index is -4.33. The third-order valence-corrected chi connectivity index (χ3v) is 6.47. The molecule has 0 radical (unpaired) electrons. The van der Waals surface area contributed by atoms with Gasteiger partial charge in [-0.15, -0.1) is 0 Å². The van der Waals surface area contributed by atoms with E-state index in [9.17, 15) is 27.2 Å². The number of likely N-dealkylation sites (N-methyl/N-ethyl adjacent to an activating group) is 1. The van der Waals surface area contributed by atoms with E-state index in [1.54, 1.807) is 11.7 Å². The molecule has 2 aliphatic rings. The fourth-order valence-electron chi connectivity index (χ4n) is 3.98. The molecule has 2 aromatic rings. The topological polar surface area (TPSA) is 82.5 Å². The van der Waals surface area contributed by atoms with Gasteiger partial charge in [0, 0.05) is 25.8 Å². The molecule has 0 saturated heterocycles. The van der Waals surface area contributed by atoms with Crippen LogP contribution in [0, 0.1) is 5.82 Å². The molecule has 1 fully saturated rings. The predicted molar refractivity (Wildman–Crippen MR) is 116 cm³/mol. The van der Waals surface area contributed by atoms with Crippen molar-refractivity contribution in [3.8, 4) is 0 Å². The van der Waals surface area contributed by atoms with Crippen molar-refractivity contribution in [2.24, 2.45) is 0 Å². The maximum atomic E-state index is 13.4. The van der Waals surface area contributed by atoms with Crippen LogP contribution in [0.5, 0.6) is 0 Å². The Kier molecular flexibility index (Phi) is 6.47. The number of aromatic nitrogens is 2. The number of hydrogen-bond donors (Lipinski definition) is 2. The van der Waals surface area contributed by atoms with Crippen LogP contribution in [0.15, 0.2) is 24.4 Å². The first-order chi connectivity index (χ1) is 16.0. The van der Waals surface area contributed by atoms with Crippen molar-refractivity contribution >= 4 is 29.2 Å². The number of nitrogens with one attached hydrogen (secondary N) is 2. The molecule has 1 aliphatic carbocycles. The van der Waals surface area contributed by atoms with Crippen LogP contribution >= 0.6 is 11.6 Å². The number of amides is 3. The Bertz CT molecular complexity index is 1100. The Labute approximate surface area is 197 Å². The van der Waals surface area contributed by atoms with E-state index in [1.807, 2.05) is 0 Å². The maximum Gasteiger partial charge on any atom is 0.401 e. The standard InChI is InChI=1S/C21H23ClF4N6O2/c1-30(20(4-5-20)11-27-12-21(24,25)26)18(33)14-9-28-32-7-6-31(10-17(14)32)19(34)29-13-2-3-16(23)15(22)8-13/h2-3,8-9,27H,4-7,10-12H2,1H3,(H,29,34). The van der Waals surface area contributed by atoms with Gasteiger partial charge >= 0.3 is 12.2 Å². The summed E-state index contributed by atoms with van der Waals surface area (Å²) < 4.78 is 52.5. The Hall–Kier alpha value is -2.86. The largest absolute Gasteiger partial charge is 0.401 e. The van der Waals surface area contributed by atoms with Gasteiger partial charge in [0.2, 0.25) is 0 Å². The molecule has 0 bridgehead atoms. The highest BCUT2D eigenvalue weighted by molar-refractivity contribution is 6.31. The van der Waals surface area contributed by atoms with Gasteiger partial charge < -0.3 is 20.4 Å². The number of anilines is 1. The number of carbonyl (C=O) groups excluding carboxylic acids is 2. The van der Waals surface area contributed by atoms with Gasteiger partial charge in [-0.2, -0.15) is 18.3 Å². The zero-order chi connectivity index (χ0) is 24.7. The van der Waals surface area contributed by atoms with Crippen molar-refractivity contribution in [1.29, 1.82) is 0 Å². The molecule has 0 spiro atoms. The molecule has 2 heterocycles. The summed E-state index contributed by atoms with van der Waals surface area (Å²) in [6.45, 7) is -0.280. The molecule has 3 amide bonds. The Morgan fingerprint density at radius 1 is 1.26 bits per heavy atom. The van der Waals surface area contributed by atoms with Crippen molar-refractivity contribution in [3.05, 3.63) is 46.5 Å². The van der Waals surface area contributed by atoms with Crippen LogP contribution in [0.3, 0.4) is 0 Å². The first kappa shape index (κ1) is 24.3. The lowest BCUT2D eigenvalue weighted by Crippen LogP contribution is -2.47. The smallest absolute Gasteiger partial charge is 0.335 e. The molecule has 0 unspecified atom stereocenters. The van der Waals surface area contributed by atoms with Crippen molar-refractivity contribution in [2.45, 2.75) is 37.6 Å². The Balaban J connectivity index is 1.43. The number of urea groups is 1. The second-order valence-electron chi connectivity index (χ2n) is 8.52. The summed E-state index contributed by atoms with van der Waals surface area (Å²) in [5.41, 5.74) is 0.486. The van der Waals surface area contributed by atoms with E-state index in [1.165, 1.54) is 28.1 Å². The second-order valence-corrected chi connectivity index (χ2v) is 8.92. The highest BCUT2D eigenvalue weighted by Gasteiger charge is 2.49. The third-order valence-electron chi connectivity index (χ3n) is 6.18. The summed E-state index contributed by atoms with van der Waals surface area (Å²) in [7, 11) is 1.57. The molecule has 1 aromatic heterocycles. The number of hydrogen-bond acceptors (Lipinski definition) is 4. The van der Waals surface area contributed by atoms with Crippen molar-refractivity contribution in [1.82, 2.24) is 24.9 Å². The SMILES string of the molecule is CN(C(=O)c1cnn2c1CN(C(=O)Nc1ccc(F)c(Cl)c1)CC2)C1(CNCC(F)(F)F)CC1. The molecule has 0 atom stereocenters. The summed E-state index contributed by atoms with van der Waals surface area (Å²) in [6.07, 6.45) is -1.71. The molecule has 1 aromatic carbocycles. The number of fused-ring (bicyclic) bond motifs is 1. The lowest BCUT2D eigenvalue weighted by atomic mass is 10.1. The lowest BCUT2D eigenvalue weighted by molar-refractivity contribution is -0.125. The first-order valence-electron chi connectivity index (χ1n) is 10.6. The van der Waals surface area contributed by atoms with Gasteiger partial charge in [0.25, 0.3) is 5.91 Å². The van der Waals surface area contributed by atoms with Crippen molar-refractivity contribution in [2.75, 3.05) is 32.0 Å². The van der Waals surface area contributed by atoms with E-state index >= 15 is 0 Å². The lowest BCUT2D eigenvalue weighted by Gasteiger charge is -2.31. The van der Waals surface area contributed by atoms with Crippen LogP contribution in [0.4, 0.5) is 28.0 Å². The van der Waals surface area contributed by atoms with Crippen molar-refractivity contribution < 1.29 is 27.2 Å². The first-order valence-corrected chi connectivity index (χ1v) is 11.0. The van der Waals surface area contributed by atoms with Crippen LogP contribution in [0.2, 0.25) is 5.02 Å². The number of rotatable bonds is 6. The van der Waals surface area contributed by atoms with Gasteiger partial charge in [0.15, 0.2) is 0 Å². The van der Waals surface area contributed by atoms with E-state index in [-0.39, 0.29) is 24.0 Å². The van der Waals surface area contributed by atoms with E-state index < -0.39 is 30.1 Å². The van der Waals surface area contributed by atoms with Gasteiger partial charge in [0.1, 0.15) is 5.82 Å². The number of carbonyl (C=O) groups is 2.